The number of hydrogen-bond acceptors (Lipinski definition) is 2. The van der Waals surface area contributed by atoms with Crippen LogP contribution in [0.2, 0.25) is 0 Å². The Balaban J connectivity index is 3.04. The summed E-state index contributed by atoms with van der Waals surface area (Å²) in [6.07, 6.45) is -2.45. The van der Waals surface area contributed by atoms with E-state index in [0.29, 0.717) is 5.56 Å². The van der Waals surface area contributed by atoms with Crippen molar-refractivity contribution in [3.05, 3.63) is 35.4 Å². The van der Waals surface area contributed by atoms with Crippen molar-refractivity contribution in [2.75, 3.05) is 0 Å². The molecule has 0 spiro atoms. The summed E-state index contributed by atoms with van der Waals surface area (Å²) < 4.78 is 21.5. The van der Waals surface area contributed by atoms with Crippen molar-refractivity contribution < 1.29 is 19.1 Å². The highest BCUT2D eigenvalue weighted by atomic mass is 16.4. The fourth-order valence-electron chi connectivity index (χ4n) is 0.776. The van der Waals surface area contributed by atoms with Crippen LogP contribution in [0.15, 0.2) is 24.3 Å². The Kier molecular flexibility index (Phi) is 1.72. The quantitative estimate of drug-likeness (QED) is 0.703. The summed E-state index contributed by atoms with van der Waals surface area (Å²) in [5, 5.41) is 17.5. The molecule has 0 fully saturated rings. The van der Waals surface area contributed by atoms with Crippen molar-refractivity contribution >= 4 is 5.97 Å². The zero-order chi connectivity index (χ0) is 11.6. The number of aliphatic hydroxyl groups excluding tert-OH is 1. The normalized spacial score (nSPS) is 17.2. The van der Waals surface area contributed by atoms with Crippen molar-refractivity contribution in [3.63, 3.8) is 0 Å². The lowest BCUT2D eigenvalue weighted by molar-refractivity contribution is -0.136. The van der Waals surface area contributed by atoms with Gasteiger partial charge in [-0.05, 0) is 11.1 Å². The molecular weight excluding hydrogens is 156 g/mol. The molecular formula is C9H10O3. The van der Waals surface area contributed by atoms with Crippen LogP contribution in [0.5, 0.6) is 0 Å². The molecule has 1 atom stereocenters. The minimum Gasteiger partial charge on any atom is -0.481 e. The van der Waals surface area contributed by atoms with E-state index in [1.54, 1.807) is 0 Å². The molecule has 0 aliphatic rings. The van der Waals surface area contributed by atoms with Crippen LogP contribution in [0.1, 0.15) is 15.2 Å². The van der Waals surface area contributed by atoms with Gasteiger partial charge in [0.2, 0.25) is 0 Å². The van der Waals surface area contributed by atoms with Crippen LogP contribution < -0.4 is 0 Å². The van der Waals surface area contributed by atoms with E-state index < -0.39 is 18.9 Å². The van der Waals surface area contributed by atoms with E-state index in [1.807, 2.05) is 0 Å². The molecule has 0 aliphatic carbocycles. The Labute approximate surface area is 74.5 Å². The lowest BCUT2D eigenvalue weighted by Crippen LogP contribution is -1.99. The standard InChI is InChI=1S/C9H10O3/c10-6-8-3-1-7(2-4-8)5-9(11)12/h1-4,10H,5-6H2,(H,11,12)/i5D2,6D. The van der Waals surface area contributed by atoms with E-state index >= 15 is 0 Å². The molecule has 0 bridgehead atoms. The number of carboxylic acids is 1. The Hall–Kier alpha value is -1.35. The minimum absolute atomic E-state index is 0.0144. The van der Waals surface area contributed by atoms with E-state index in [-0.39, 0.29) is 5.56 Å². The third-order valence-corrected chi connectivity index (χ3v) is 1.31. The molecule has 1 unspecified atom stereocenters. The van der Waals surface area contributed by atoms with Gasteiger partial charge in [0.05, 0.1) is 14.3 Å². The summed E-state index contributed by atoms with van der Waals surface area (Å²) in [4.78, 5) is 10.6. The van der Waals surface area contributed by atoms with Crippen molar-refractivity contribution in [1.82, 2.24) is 0 Å². The molecule has 0 saturated carbocycles. The molecule has 1 aromatic carbocycles. The topological polar surface area (TPSA) is 57.5 Å². The zero-order valence-corrected chi connectivity index (χ0v) is 6.19. The van der Waals surface area contributed by atoms with Crippen molar-refractivity contribution in [3.8, 4) is 0 Å². The summed E-state index contributed by atoms with van der Waals surface area (Å²) >= 11 is 0. The van der Waals surface area contributed by atoms with Crippen LogP contribution in [0.25, 0.3) is 0 Å². The first kappa shape index (κ1) is 5.32. The highest BCUT2D eigenvalue weighted by Crippen LogP contribution is 2.04. The second-order valence-corrected chi connectivity index (χ2v) is 2.18. The van der Waals surface area contributed by atoms with Crippen molar-refractivity contribution in [2.45, 2.75) is 13.0 Å². The van der Waals surface area contributed by atoms with Crippen LogP contribution in [0, 0.1) is 0 Å². The number of carbonyl (C=O) groups is 1. The molecule has 3 nitrogen and oxygen atoms in total. The summed E-state index contributed by atoms with van der Waals surface area (Å²) in [5.41, 5.74) is 0.277. The highest BCUT2D eigenvalue weighted by Gasteiger charge is 1.99. The van der Waals surface area contributed by atoms with Crippen molar-refractivity contribution in [1.29, 1.82) is 0 Å². The third kappa shape index (κ3) is 2.36. The average molecular weight is 169 g/mol. The number of carboxylic acid groups (broad SMARTS) is 1. The molecule has 0 radical (unpaired) electrons. The first-order valence-electron chi connectivity index (χ1n) is 4.87. The van der Waals surface area contributed by atoms with Crippen LogP contribution in [0.4, 0.5) is 0 Å². The lowest BCUT2D eigenvalue weighted by Gasteiger charge is -1.98. The first-order valence-corrected chi connectivity index (χ1v) is 3.30. The molecule has 12 heavy (non-hydrogen) atoms. The zero-order valence-electron chi connectivity index (χ0n) is 9.19. The fourth-order valence-corrected chi connectivity index (χ4v) is 0.776. The second-order valence-electron chi connectivity index (χ2n) is 2.18. The number of hydrogen-bond donors (Lipinski definition) is 2. The molecule has 0 aliphatic heterocycles. The van der Waals surface area contributed by atoms with Crippen molar-refractivity contribution in [2.24, 2.45) is 0 Å². The van der Waals surface area contributed by atoms with E-state index in [0.717, 1.165) is 0 Å². The van der Waals surface area contributed by atoms with Gasteiger partial charge in [-0.3, -0.25) is 4.79 Å². The second kappa shape index (κ2) is 3.88. The van der Waals surface area contributed by atoms with Gasteiger partial charge < -0.3 is 10.2 Å². The van der Waals surface area contributed by atoms with E-state index in [9.17, 15) is 4.79 Å². The first-order chi connectivity index (χ1) is 6.85. The molecule has 2 N–H and O–H groups in total. The van der Waals surface area contributed by atoms with E-state index in [4.69, 9.17) is 14.3 Å². The monoisotopic (exact) mass is 169 g/mol. The van der Waals surface area contributed by atoms with Crippen LogP contribution >= 0.6 is 0 Å². The largest absolute Gasteiger partial charge is 0.481 e. The van der Waals surface area contributed by atoms with Gasteiger partial charge in [0.1, 0.15) is 0 Å². The summed E-state index contributed by atoms with van der Waals surface area (Å²) in [6, 6.07) is 5.16. The minimum atomic E-state index is -2.45. The molecule has 64 valence electrons. The third-order valence-electron chi connectivity index (χ3n) is 1.31. The molecule has 0 heterocycles. The van der Waals surface area contributed by atoms with Gasteiger partial charge in [-0.15, -0.1) is 0 Å². The molecule has 3 heteroatoms. The predicted molar refractivity (Wildman–Crippen MR) is 43.7 cm³/mol. The number of rotatable bonds is 3. The smallest absolute Gasteiger partial charge is 0.307 e. The van der Waals surface area contributed by atoms with E-state index in [2.05, 4.69) is 0 Å². The lowest BCUT2D eigenvalue weighted by atomic mass is 10.1. The summed E-state index contributed by atoms with van der Waals surface area (Å²) in [7, 11) is 0. The Morgan fingerprint density at radius 2 is 1.83 bits per heavy atom. The molecule has 1 aromatic rings. The Morgan fingerprint density at radius 1 is 1.33 bits per heavy atom. The highest BCUT2D eigenvalue weighted by molar-refractivity contribution is 5.70. The molecule has 1 rings (SSSR count). The van der Waals surface area contributed by atoms with Gasteiger partial charge in [-0.2, -0.15) is 0 Å². The van der Waals surface area contributed by atoms with Gasteiger partial charge in [-0.1, -0.05) is 24.3 Å². The van der Waals surface area contributed by atoms with Gasteiger partial charge in [0.15, 0.2) is 0 Å². The van der Waals surface area contributed by atoms with Gasteiger partial charge in [0.25, 0.3) is 0 Å². The van der Waals surface area contributed by atoms with Gasteiger partial charge in [0, 0.05) is 2.74 Å². The average Bonchev–Trinajstić information content (AvgIpc) is 2.17. The maximum Gasteiger partial charge on any atom is 0.307 e. The van der Waals surface area contributed by atoms with Crippen LogP contribution in [0.3, 0.4) is 0 Å². The van der Waals surface area contributed by atoms with Crippen LogP contribution in [-0.2, 0) is 17.8 Å². The molecule has 0 saturated heterocycles. The van der Waals surface area contributed by atoms with Gasteiger partial charge >= 0.3 is 5.97 Å². The molecule has 0 amide bonds. The number of aliphatic carboxylic acids is 1. The maximum absolute atomic E-state index is 10.6. The number of benzene rings is 1. The Bertz CT molecular complexity index is 359. The SMILES string of the molecule is [2H]C(O)c1ccc(C([2H])([2H])C(=O)O)cc1. The van der Waals surface area contributed by atoms with E-state index in [1.165, 1.54) is 24.3 Å². The predicted octanol–water partition coefficient (Wildman–Crippen LogP) is 0.806. The number of aliphatic hydroxyl groups is 1. The Morgan fingerprint density at radius 3 is 2.25 bits per heavy atom. The molecule has 0 aromatic heterocycles. The van der Waals surface area contributed by atoms with Crippen LogP contribution in [-0.4, -0.2) is 16.2 Å². The van der Waals surface area contributed by atoms with Gasteiger partial charge in [-0.25, -0.2) is 0 Å². The summed E-state index contributed by atoms with van der Waals surface area (Å²) in [6.45, 7) is -1.39. The fraction of sp³-hybridized carbons (Fsp3) is 0.222. The summed E-state index contributed by atoms with van der Waals surface area (Å²) in [5.74, 6) is -1.57. The maximum atomic E-state index is 10.6.